The third-order valence-electron chi connectivity index (χ3n) is 2.79. The van der Waals surface area contributed by atoms with Crippen molar-refractivity contribution in [2.75, 3.05) is 0 Å². The molecular weight excluding hydrogens is 237 g/mol. The van der Waals surface area contributed by atoms with Gasteiger partial charge in [0.05, 0.1) is 12.6 Å². The van der Waals surface area contributed by atoms with E-state index in [0.717, 1.165) is 12.8 Å². The molecule has 1 fully saturated rings. The molecule has 8 heteroatoms. The predicted octanol–water partition coefficient (Wildman–Crippen LogP) is 0.526. The van der Waals surface area contributed by atoms with E-state index in [2.05, 4.69) is 10.3 Å². The topological polar surface area (TPSA) is 77.0 Å². The van der Waals surface area contributed by atoms with Gasteiger partial charge in [-0.3, -0.25) is 0 Å². The van der Waals surface area contributed by atoms with Gasteiger partial charge in [-0.25, -0.2) is 4.68 Å². The second-order valence-electron chi connectivity index (χ2n) is 4.17. The van der Waals surface area contributed by atoms with E-state index in [1.165, 1.54) is 0 Å². The van der Waals surface area contributed by atoms with Crippen molar-refractivity contribution in [1.82, 2.24) is 15.0 Å². The molecule has 0 spiro atoms. The van der Waals surface area contributed by atoms with Gasteiger partial charge in [0.15, 0.2) is 5.69 Å². The Bertz CT molecular complexity index is 399. The van der Waals surface area contributed by atoms with E-state index < -0.39 is 18.0 Å². The lowest BCUT2D eigenvalue weighted by Gasteiger charge is -2.13. The molecule has 1 aliphatic rings. The second-order valence-corrected chi connectivity index (χ2v) is 4.17. The summed E-state index contributed by atoms with van der Waals surface area (Å²) in [6.45, 7) is -0.513. The Balaban J connectivity index is 2.23. The van der Waals surface area contributed by atoms with Crippen molar-refractivity contribution in [2.24, 2.45) is 11.7 Å². The zero-order valence-corrected chi connectivity index (χ0v) is 8.98. The SMILES string of the molecule is NCc1nnn(CC(O)C2CC2)c1C(F)(F)F. The Morgan fingerprint density at radius 3 is 2.59 bits per heavy atom. The largest absolute Gasteiger partial charge is 0.434 e. The van der Waals surface area contributed by atoms with Crippen LogP contribution in [0.4, 0.5) is 13.2 Å². The first kappa shape index (κ1) is 12.3. The van der Waals surface area contributed by atoms with Gasteiger partial charge < -0.3 is 10.8 Å². The highest BCUT2D eigenvalue weighted by Gasteiger charge is 2.40. The third kappa shape index (κ3) is 2.58. The number of aromatic nitrogens is 3. The van der Waals surface area contributed by atoms with Gasteiger partial charge in [0.2, 0.25) is 0 Å². The maximum Gasteiger partial charge on any atom is 0.434 e. The molecule has 17 heavy (non-hydrogen) atoms. The number of nitrogens with two attached hydrogens (primary N) is 1. The lowest BCUT2D eigenvalue weighted by molar-refractivity contribution is -0.145. The van der Waals surface area contributed by atoms with E-state index in [1.807, 2.05) is 0 Å². The second kappa shape index (κ2) is 4.26. The maximum absolute atomic E-state index is 12.8. The number of alkyl halides is 3. The van der Waals surface area contributed by atoms with Crippen LogP contribution in [0, 0.1) is 5.92 Å². The average Bonchev–Trinajstić information content (AvgIpc) is 2.99. The smallest absolute Gasteiger partial charge is 0.391 e. The van der Waals surface area contributed by atoms with Crippen LogP contribution in [0.2, 0.25) is 0 Å². The standard InChI is InChI=1S/C9H13F3N4O/c10-9(11,12)8-6(3-13)14-15-16(8)4-7(17)5-1-2-5/h5,7,17H,1-4,13H2. The van der Waals surface area contributed by atoms with Crippen LogP contribution in [-0.4, -0.2) is 26.2 Å². The van der Waals surface area contributed by atoms with E-state index in [4.69, 9.17) is 5.73 Å². The Kier molecular flexibility index (Phi) is 3.09. The van der Waals surface area contributed by atoms with E-state index in [-0.39, 0.29) is 24.7 Å². The fourth-order valence-electron chi connectivity index (χ4n) is 1.73. The van der Waals surface area contributed by atoms with Gasteiger partial charge in [-0.15, -0.1) is 5.10 Å². The van der Waals surface area contributed by atoms with Crippen molar-refractivity contribution in [1.29, 1.82) is 0 Å². The predicted molar refractivity (Wildman–Crippen MR) is 51.6 cm³/mol. The van der Waals surface area contributed by atoms with Crippen LogP contribution in [-0.2, 0) is 19.3 Å². The van der Waals surface area contributed by atoms with Crippen molar-refractivity contribution < 1.29 is 18.3 Å². The first-order chi connectivity index (χ1) is 7.93. The molecular formula is C9H13F3N4O. The molecule has 0 amide bonds. The number of halogens is 3. The van der Waals surface area contributed by atoms with Gasteiger partial charge in [0.1, 0.15) is 5.69 Å². The molecule has 1 heterocycles. The van der Waals surface area contributed by atoms with E-state index in [9.17, 15) is 18.3 Å². The van der Waals surface area contributed by atoms with Gasteiger partial charge in [-0.2, -0.15) is 13.2 Å². The molecule has 0 saturated heterocycles. The number of rotatable bonds is 4. The van der Waals surface area contributed by atoms with Crippen LogP contribution in [0.1, 0.15) is 24.2 Å². The quantitative estimate of drug-likeness (QED) is 0.817. The van der Waals surface area contributed by atoms with Gasteiger partial charge >= 0.3 is 6.18 Å². The van der Waals surface area contributed by atoms with Crippen LogP contribution in [0.3, 0.4) is 0 Å². The summed E-state index contributed by atoms with van der Waals surface area (Å²) >= 11 is 0. The van der Waals surface area contributed by atoms with Crippen LogP contribution in [0.15, 0.2) is 0 Å². The molecule has 0 bridgehead atoms. The average molecular weight is 250 g/mol. The number of aliphatic hydroxyl groups is 1. The van der Waals surface area contributed by atoms with Crippen molar-refractivity contribution in [3.63, 3.8) is 0 Å². The minimum Gasteiger partial charge on any atom is -0.391 e. The van der Waals surface area contributed by atoms with E-state index in [0.29, 0.717) is 4.68 Å². The highest BCUT2D eigenvalue weighted by atomic mass is 19.4. The molecule has 3 N–H and O–H groups in total. The summed E-state index contributed by atoms with van der Waals surface area (Å²) in [7, 11) is 0. The fraction of sp³-hybridized carbons (Fsp3) is 0.778. The fourth-order valence-corrected chi connectivity index (χ4v) is 1.73. The lowest BCUT2D eigenvalue weighted by atomic mass is 10.2. The number of hydrogen-bond acceptors (Lipinski definition) is 4. The minimum absolute atomic E-state index is 0.0848. The van der Waals surface area contributed by atoms with E-state index >= 15 is 0 Å². The summed E-state index contributed by atoms with van der Waals surface area (Å²) in [5, 5.41) is 16.4. The monoisotopic (exact) mass is 250 g/mol. The molecule has 1 aliphatic carbocycles. The van der Waals surface area contributed by atoms with Crippen molar-refractivity contribution in [3.8, 4) is 0 Å². The Morgan fingerprint density at radius 1 is 1.47 bits per heavy atom. The number of hydrogen-bond donors (Lipinski definition) is 2. The highest BCUT2D eigenvalue weighted by molar-refractivity contribution is 5.13. The zero-order valence-electron chi connectivity index (χ0n) is 8.98. The Hall–Kier alpha value is -1.15. The normalized spacial score (nSPS) is 18.4. The van der Waals surface area contributed by atoms with E-state index in [1.54, 1.807) is 0 Å². The first-order valence-electron chi connectivity index (χ1n) is 5.31. The molecule has 1 saturated carbocycles. The van der Waals surface area contributed by atoms with Gasteiger partial charge in [-0.1, -0.05) is 5.21 Å². The van der Waals surface area contributed by atoms with Crippen molar-refractivity contribution in [3.05, 3.63) is 11.4 Å². The molecule has 1 aromatic heterocycles. The van der Waals surface area contributed by atoms with Gasteiger partial charge in [0, 0.05) is 6.54 Å². The third-order valence-corrected chi connectivity index (χ3v) is 2.79. The van der Waals surface area contributed by atoms with Gasteiger partial charge in [0.25, 0.3) is 0 Å². The highest BCUT2D eigenvalue weighted by Crippen LogP contribution is 2.35. The first-order valence-corrected chi connectivity index (χ1v) is 5.31. The molecule has 1 unspecified atom stereocenters. The molecule has 0 aliphatic heterocycles. The lowest BCUT2D eigenvalue weighted by Crippen LogP contribution is -2.24. The molecule has 1 aromatic rings. The zero-order chi connectivity index (χ0) is 12.6. The Labute approximate surface area is 95.4 Å². The molecule has 5 nitrogen and oxygen atoms in total. The summed E-state index contributed by atoms with van der Waals surface area (Å²) in [6.07, 6.45) is -3.66. The van der Waals surface area contributed by atoms with Crippen LogP contribution in [0.25, 0.3) is 0 Å². The number of aliphatic hydroxyl groups excluding tert-OH is 1. The van der Waals surface area contributed by atoms with Gasteiger partial charge in [-0.05, 0) is 18.8 Å². The van der Waals surface area contributed by atoms with Crippen molar-refractivity contribution in [2.45, 2.75) is 38.2 Å². The summed E-state index contributed by atoms with van der Waals surface area (Å²) in [4.78, 5) is 0. The molecule has 2 rings (SSSR count). The minimum atomic E-state index is -4.55. The summed E-state index contributed by atoms with van der Waals surface area (Å²) in [5.74, 6) is 0.0848. The molecule has 0 radical (unpaired) electrons. The van der Waals surface area contributed by atoms with Crippen LogP contribution in [0.5, 0.6) is 0 Å². The maximum atomic E-state index is 12.8. The Morgan fingerprint density at radius 2 is 2.12 bits per heavy atom. The van der Waals surface area contributed by atoms with Crippen molar-refractivity contribution >= 4 is 0 Å². The summed E-state index contributed by atoms with van der Waals surface area (Å²) in [5.41, 5.74) is 3.94. The number of nitrogens with zero attached hydrogens (tertiary/aromatic N) is 3. The molecule has 1 atom stereocenters. The van der Waals surface area contributed by atoms with Crippen LogP contribution >= 0.6 is 0 Å². The van der Waals surface area contributed by atoms with Crippen LogP contribution < -0.4 is 5.73 Å². The summed E-state index contributed by atoms with van der Waals surface area (Å²) < 4.78 is 39.0. The summed E-state index contributed by atoms with van der Waals surface area (Å²) in [6, 6.07) is 0. The molecule has 0 aromatic carbocycles. The molecule has 96 valence electrons.